The van der Waals surface area contributed by atoms with Gasteiger partial charge in [-0.3, -0.25) is 0 Å². The third-order valence-electron chi connectivity index (χ3n) is 1.35. The summed E-state index contributed by atoms with van der Waals surface area (Å²) in [5, 5.41) is 34.9. The standard InChI is InChI=1S/C6H12O6/c1-12-6(11)5(10)4(9)3(8)2-7/h3-5,7-10H,2H2,1H3/t3-,4-,5-/m1/s1. The molecule has 0 aromatic rings. The van der Waals surface area contributed by atoms with E-state index in [0.717, 1.165) is 7.11 Å². The molecule has 0 aliphatic carbocycles. The zero-order valence-electron chi connectivity index (χ0n) is 6.54. The second-order valence-corrected chi connectivity index (χ2v) is 2.21. The lowest BCUT2D eigenvalue weighted by atomic mass is 10.1. The fraction of sp³-hybridized carbons (Fsp3) is 0.833. The zero-order chi connectivity index (χ0) is 9.72. The first kappa shape index (κ1) is 11.3. The Morgan fingerprint density at radius 1 is 1.42 bits per heavy atom. The summed E-state index contributed by atoms with van der Waals surface area (Å²) in [6, 6.07) is 0. The van der Waals surface area contributed by atoms with E-state index in [-0.39, 0.29) is 0 Å². The number of aliphatic hydroxyl groups excluding tert-OH is 4. The average molecular weight is 180 g/mol. The minimum absolute atomic E-state index is 0.741. The Hall–Kier alpha value is -0.690. The van der Waals surface area contributed by atoms with Crippen molar-refractivity contribution in [3.8, 4) is 0 Å². The number of methoxy groups -OCH3 is 1. The fourth-order valence-corrected chi connectivity index (χ4v) is 0.579. The molecule has 6 heteroatoms. The van der Waals surface area contributed by atoms with Crippen LogP contribution in [0.2, 0.25) is 0 Å². The monoisotopic (exact) mass is 180 g/mol. The molecule has 0 aliphatic rings. The van der Waals surface area contributed by atoms with Gasteiger partial charge in [0, 0.05) is 0 Å². The van der Waals surface area contributed by atoms with Crippen molar-refractivity contribution < 1.29 is 30.0 Å². The number of carbonyl (C=O) groups is 1. The Bertz CT molecular complexity index is 147. The molecule has 0 bridgehead atoms. The number of ether oxygens (including phenoxy) is 1. The molecule has 0 saturated carbocycles. The van der Waals surface area contributed by atoms with E-state index in [4.69, 9.17) is 20.4 Å². The first-order valence-electron chi connectivity index (χ1n) is 3.27. The van der Waals surface area contributed by atoms with Crippen molar-refractivity contribution in [2.24, 2.45) is 0 Å². The lowest BCUT2D eigenvalue weighted by molar-refractivity contribution is -0.162. The zero-order valence-corrected chi connectivity index (χ0v) is 6.54. The van der Waals surface area contributed by atoms with Gasteiger partial charge in [0.25, 0.3) is 0 Å². The van der Waals surface area contributed by atoms with Gasteiger partial charge in [0.1, 0.15) is 12.2 Å². The van der Waals surface area contributed by atoms with Crippen molar-refractivity contribution in [1.29, 1.82) is 0 Å². The molecule has 3 atom stereocenters. The van der Waals surface area contributed by atoms with E-state index in [2.05, 4.69) is 4.74 Å². The van der Waals surface area contributed by atoms with Crippen LogP contribution in [0.1, 0.15) is 0 Å². The Morgan fingerprint density at radius 3 is 2.25 bits per heavy atom. The minimum Gasteiger partial charge on any atom is -0.467 e. The first-order valence-corrected chi connectivity index (χ1v) is 3.27. The van der Waals surface area contributed by atoms with Crippen LogP contribution in [0.3, 0.4) is 0 Å². The molecule has 0 rings (SSSR count). The van der Waals surface area contributed by atoms with Crippen molar-refractivity contribution in [2.45, 2.75) is 18.3 Å². The highest BCUT2D eigenvalue weighted by Crippen LogP contribution is 2.01. The molecule has 0 amide bonds. The number of esters is 1. The van der Waals surface area contributed by atoms with Crippen LogP contribution in [0.25, 0.3) is 0 Å². The van der Waals surface area contributed by atoms with Crippen molar-refractivity contribution in [3.63, 3.8) is 0 Å². The maximum atomic E-state index is 10.5. The molecule has 4 N–H and O–H groups in total. The van der Waals surface area contributed by atoms with Gasteiger partial charge in [0.2, 0.25) is 0 Å². The largest absolute Gasteiger partial charge is 0.467 e. The third-order valence-corrected chi connectivity index (χ3v) is 1.35. The van der Waals surface area contributed by atoms with E-state index < -0.39 is 30.9 Å². The summed E-state index contributed by atoms with van der Waals surface area (Å²) in [4.78, 5) is 10.5. The van der Waals surface area contributed by atoms with Gasteiger partial charge >= 0.3 is 5.97 Å². The Kier molecular flexibility index (Phi) is 4.75. The van der Waals surface area contributed by atoms with Gasteiger partial charge in [-0.05, 0) is 0 Å². The summed E-state index contributed by atoms with van der Waals surface area (Å²) >= 11 is 0. The van der Waals surface area contributed by atoms with Crippen LogP contribution in [0.15, 0.2) is 0 Å². The highest BCUT2D eigenvalue weighted by atomic mass is 16.5. The lowest BCUT2D eigenvalue weighted by Gasteiger charge is -2.19. The van der Waals surface area contributed by atoms with Gasteiger partial charge in [0.15, 0.2) is 6.10 Å². The third kappa shape index (κ3) is 2.74. The SMILES string of the molecule is COC(=O)[C@H](O)[C@H](O)[C@H](O)CO. The molecule has 0 unspecified atom stereocenters. The predicted octanol–water partition coefficient (Wildman–Crippen LogP) is -2.77. The smallest absolute Gasteiger partial charge is 0.337 e. The van der Waals surface area contributed by atoms with Crippen molar-refractivity contribution in [1.82, 2.24) is 0 Å². The maximum Gasteiger partial charge on any atom is 0.337 e. The van der Waals surface area contributed by atoms with Crippen LogP contribution in [0.4, 0.5) is 0 Å². The maximum absolute atomic E-state index is 10.5. The van der Waals surface area contributed by atoms with Crippen LogP contribution in [0.5, 0.6) is 0 Å². The van der Waals surface area contributed by atoms with Crippen molar-refractivity contribution in [2.75, 3.05) is 13.7 Å². The Balaban J connectivity index is 4.08. The highest BCUT2D eigenvalue weighted by molar-refractivity contribution is 5.74. The quantitative estimate of drug-likeness (QED) is 0.349. The van der Waals surface area contributed by atoms with Gasteiger partial charge in [-0.2, -0.15) is 0 Å². The molecule has 12 heavy (non-hydrogen) atoms. The van der Waals surface area contributed by atoms with Crippen LogP contribution >= 0.6 is 0 Å². The molecular formula is C6H12O6. The van der Waals surface area contributed by atoms with Crippen LogP contribution < -0.4 is 0 Å². The second kappa shape index (κ2) is 5.04. The van der Waals surface area contributed by atoms with Gasteiger partial charge in [-0.25, -0.2) is 4.79 Å². The van der Waals surface area contributed by atoms with Crippen molar-refractivity contribution >= 4 is 5.97 Å². The van der Waals surface area contributed by atoms with Gasteiger partial charge in [0.05, 0.1) is 13.7 Å². The number of aliphatic hydroxyl groups is 4. The summed E-state index contributed by atoms with van der Waals surface area (Å²) in [7, 11) is 1.03. The van der Waals surface area contributed by atoms with Crippen LogP contribution in [-0.4, -0.2) is 58.4 Å². The highest BCUT2D eigenvalue weighted by Gasteiger charge is 2.30. The van der Waals surface area contributed by atoms with E-state index in [0.29, 0.717) is 0 Å². The number of hydrogen-bond donors (Lipinski definition) is 4. The summed E-state index contributed by atoms with van der Waals surface area (Å²) in [5.41, 5.74) is 0. The molecule has 72 valence electrons. The molecule has 0 saturated heterocycles. The normalized spacial score (nSPS) is 18.1. The Labute approximate surface area is 69.0 Å². The summed E-state index contributed by atoms with van der Waals surface area (Å²) in [6.45, 7) is -0.741. The lowest BCUT2D eigenvalue weighted by Crippen LogP contribution is -2.44. The predicted molar refractivity (Wildman–Crippen MR) is 37.1 cm³/mol. The molecule has 0 aromatic heterocycles. The molecular weight excluding hydrogens is 168 g/mol. The fourth-order valence-electron chi connectivity index (χ4n) is 0.579. The van der Waals surface area contributed by atoms with E-state index >= 15 is 0 Å². The van der Waals surface area contributed by atoms with Crippen LogP contribution in [-0.2, 0) is 9.53 Å². The molecule has 0 fully saturated rings. The molecule has 0 heterocycles. The van der Waals surface area contributed by atoms with E-state index in [1.54, 1.807) is 0 Å². The van der Waals surface area contributed by atoms with Crippen molar-refractivity contribution in [3.05, 3.63) is 0 Å². The average Bonchev–Trinajstić information content (AvgIpc) is 2.12. The minimum atomic E-state index is -1.84. The van der Waals surface area contributed by atoms with Gasteiger partial charge in [-0.1, -0.05) is 0 Å². The summed E-state index contributed by atoms with van der Waals surface area (Å²) in [5.74, 6) is -1.06. The second-order valence-electron chi connectivity index (χ2n) is 2.21. The molecule has 0 aliphatic heterocycles. The summed E-state index contributed by atoms with van der Waals surface area (Å²) in [6.07, 6.45) is -5.13. The molecule has 6 nitrogen and oxygen atoms in total. The molecule has 0 aromatic carbocycles. The Morgan fingerprint density at radius 2 is 1.92 bits per heavy atom. The summed E-state index contributed by atoms with van der Waals surface area (Å²) < 4.78 is 4.09. The topological polar surface area (TPSA) is 107 Å². The number of carbonyl (C=O) groups excluding carboxylic acids is 1. The van der Waals surface area contributed by atoms with E-state index in [1.807, 2.05) is 0 Å². The van der Waals surface area contributed by atoms with Gasteiger partial charge in [-0.15, -0.1) is 0 Å². The van der Waals surface area contributed by atoms with E-state index in [9.17, 15) is 4.79 Å². The number of hydrogen-bond acceptors (Lipinski definition) is 6. The molecule has 0 spiro atoms. The van der Waals surface area contributed by atoms with Crippen LogP contribution in [0, 0.1) is 0 Å². The van der Waals surface area contributed by atoms with E-state index in [1.165, 1.54) is 0 Å². The molecule has 0 radical (unpaired) electrons. The first-order chi connectivity index (χ1) is 5.54. The van der Waals surface area contributed by atoms with Gasteiger partial charge < -0.3 is 25.2 Å². The number of rotatable bonds is 4.